The average Bonchev–Trinajstić information content (AvgIpc) is 2.35. The van der Waals surface area contributed by atoms with Gasteiger partial charge in [-0.3, -0.25) is 0 Å². The number of hydrogen-bond acceptors (Lipinski definition) is 4. The summed E-state index contributed by atoms with van der Waals surface area (Å²) >= 11 is 0. The SMILES string of the molecule is CN(CCOc1cccc(F)c1)C(=O)OCCO. The molecule has 0 spiro atoms. The first-order valence-corrected chi connectivity index (χ1v) is 5.50. The van der Waals surface area contributed by atoms with E-state index in [2.05, 4.69) is 0 Å². The van der Waals surface area contributed by atoms with Crippen LogP contribution in [0.15, 0.2) is 24.3 Å². The maximum Gasteiger partial charge on any atom is 0.409 e. The lowest BCUT2D eigenvalue weighted by molar-refractivity contribution is 0.0871. The number of hydrogen-bond donors (Lipinski definition) is 1. The maximum atomic E-state index is 12.8. The zero-order valence-corrected chi connectivity index (χ0v) is 10.1. The summed E-state index contributed by atoms with van der Waals surface area (Å²) < 4.78 is 22.8. The van der Waals surface area contributed by atoms with Gasteiger partial charge >= 0.3 is 6.09 Å². The summed E-state index contributed by atoms with van der Waals surface area (Å²) in [5, 5.41) is 8.49. The molecule has 6 heteroatoms. The number of benzene rings is 1. The molecular weight excluding hydrogens is 241 g/mol. The fraction of sp³-hybridized carbons (Fsp3) is 0.417. The molecule has 0 saturated carbocycles. The van der Waals surface area contributed by atoms with Crippen LogP contribution in [0.1, 0.15) is 0 Å². The Hall–Kier alpha value is -1.82. The number of halogens is 1. The number of aliphatic hydroxyl groups is 1. The largest absolute Gasteiger partial charge is 0.492 e. The number of amides is 1. The molecule has 1 aromatic carbocycles. The first-order chi connectivity index (χ1) is 8.63. The van der Waals surface area contributed by atoms with Gasteiger partial charge in [0, 0.05) is 13.1 Å². The molecule has 0 fully saturated rings. The van der Waals surface area contributed by atoms with E-state index in [1.807, 2.05) is 0 Å². The predicted molar refractivity (Wildman–Crippen MR) is 63.0 cm³/mol. The Labute approximate surface area is 105 Å². The van der Waals surface area contributed by atoms with Crippen molar-refractivity contribution in [1.29, 1.82) is 0 Å². The number of ether oxygens (including phenoxy) is 2. The Morgan fingerprint density at radius 3 is 2.89 bits per heavy atom. The van der Waals surface area contributed by atoms with E-state index in [9.17, 15) is 9.18 Å². The predicted octanol–water partition coefficient (Wildman–Crippen LogP) is 1.27. The molecule has 1 N–H and O–H groups in total. The van der Waals surface area contributed by atoms with Crippen LogP contribution in [0.3, 0.4) is 0 Å². The van der Waals surface area contributed by atoms with Crippen LogP contribution < -0.4 is 4.74 Å². The van der Waals surface area contributed by atoms with Gasteiger partial charge in [0.15, 0.2) is 0 Å². The summed E-state index contributed by atoms with van der Waals surface area (Å²) in [7, 11) is 1.55. The highest BCUT2D eigenvalue weighted by molar-refractivity contribution is 5.67. The van der Waals surface area contributed by atoms with Crippen molar-refractivity contribution in [2.75, 3.05) is 33.4 Å². The van der Waals surface area contributed by atoms with Crippen molar-refractivity contribution in [2.24, 2.45) is 0 Å². The smallest absolute Gasteiger partial charge is 0.409 e. The fourth-order valence-corrected chi connectivity index (χ4v) is 1.19. The van der Waals surface area contributed by atoms with Crippen molar-refractivity contribution >= 4 is 6.09 Å². The summed E-state index contributed by atoms with van der Waals surface area (Å²) in [5.41, 5.74) is 0. The molecule has 5 nitrogen and oxygen atoms in total. The van der Waals surface area contributed by atoms with Crippen LogP contribution >= 0.6 is 0 Å². The second-order valence-corrected chi connectivity index (χ2v) is 3.57. The first kappa shape index (κ1) is 14.2. The lowest BCUT2D eigenvalue weighted by atomic mass is 10.3. The molecule has 0 aliphatic rings. The number of carbonyl (C=O) groups excluding carboxylic acids is 1. The molecule has 0 unspecified atom stereocenters. The minimum Gasteiger partial charge on any atom is -0.492 e. The first-order valence-electron chi connectivity index (χ1n) is 5.50. The van der Waals surface area contributed by atoms with Crippen molar-refractivity contribution in [3.8, 4) is 5.75 Å². The van der Waals surface area contributed by atoms with E-state index in [-0.39, 0.29) is 25.6 Å². The molecule has 0 saturated heterocycles. The molecule has 1 aromatic rings. The lowest BCUT2D eigenvalue weighted by Gasteiger charge is -2.16. The van der Waals surface area contributed by atoms with Crippen molar-refractivity contribution in [3.05, 3.63) is 30.1 Å². The standard InChI is InChI=1S/C12H16FNO4/c1-14(12(16)18-8-6-15)5-7-17-11-4-2-3-10(13)9-11/h2-4,9,15H,5-8H2,1H3. The van der Waals surface area contributed by atoms with Gasteiger partial charge in [-0.2, -0.15) is 0 Å². The second-order valence-electron chi connectivity index (χ2n) is 3.57. The molecule has 0 radical (unpaired) electrons. The Bertz CT molecular complexity index is 386. The summed E-state index contributed by atoms with van der Waals surface area (Å²) in [6.45, 7) is 0.294. The van der Waals surface area contributed by atoms with Gasteiger partial charge in [-0.05, 0) is 12.1 Å². The highest BCUT2D eigenvalue weighted by Crippen LogP contribution is 2.11. The zero-order valence-electron chi connectivity index (χ0n) is 10.1. The topological polar surface area (TPSA) is 59.0 Å². The zero-order chi connectivity index (χ0) is 13.4. The van der Waals surface area contributed by atoms with Crippen LogP contribution in [0.5, 0.6) is 5.75 Å². The van der Waals surface area contributed by atoms with Crippen LogP contribution in [-0.4, -0.2) is 49.5 Å². The summed E-state index contributed by atoms with van der Waals surface area (Å²) in [5.74, 6) is 0.0373. The van der Waals surface area contributed by atoms with Crippen LogP contribution in [0, 0.1) is 5.82 Å². The van der Waals surface area contributed by atoms with E-state index in [1.54, 1.807) is 19.2 Å². The van der Waals surface area contributed by atoms with Gasteiger partial charge in [0.1, 0.15) is 24.8 Å². The van der Waals surface area contributed by atoms with Crippen molar-refractivity contribution in [2.45, 2.75) is 0 Å². The molecular formula is C12H16FNO4. The van der Waals surface area contributed by atoms with Crippen molar-refractivity contribution < 1.29 is 23.8 Å². The molecule has 0 atom stereocenters. The Balaban J connectivity index is 2.26. The van der Waals surface area contributed by atoms with Gasteiger partial charge in [0.05, 0.1) is 13.2 Å². The second kappa shape index (κ2) is 7.50. The van der Waals surface area contributed by atoms with E-state index < -0.39 is 6.09 Å². The quantitative estimate of drug-likeness (QED) is 0.833. The van der Waals surface area contributed by atoms with Gasteiger partial charge < -0.3 is 19.5 Å². The van der Waals surface area contributed by atoms with E-state index in [0.717, 1.165) is 0 Å². The number of likely N-dealkylation sites (N-methyl/N-ethyl adjacent to an activating group) is 1. The maximum absolute atomic E-state index is 12.8. The van der Waals surface area contributed by atoms with Gasteiger partial charge in [-0.15, -0.1) is 0 Å². The van der Waals surface area contributed by atoms with Crippen LogP contribution in [-0.2, 0) is 4.74 Å². The third-order valence-electron chi connectivity index (χ3n) is 2.12. The highest BCUT2D eigenvalue weighted by Gasteiger charge is 2.09. The molecule has 0 aliphatic heterocycles. The number of aliphatic hydroxyl groups excluding tert-OH is 1. The monoisotopic (exact) mass is 257 g/mol. The molecule has 1 rings (SSSR count). The van der Waals surface area contributed by atoms with E-state index in [0.29, 0.717) is 12.3 Å². The fourth-order valence-electron chi connectivity index (χ4n) is 1.19. The minimum atomic E-state index is -0.535. The molecule has 0 aromatic heterocycles. The molecule has 1 amide bonds. The van der Waals surface area contributed by atoms with E-state index in [4.69, 9.17) is 14.6 Å². The molecule has 0 bridgehead atoms. The molecule has 18 heavy (non-hydrogen) atoms. The Kier molecular flexibility index (Phi) is 5.93. The van der Waals surface area contributed by atoms with Crippen LogP contribution in [0.4, 0.5) is 9.18 Å². The Morgan fingerprint density at radius 2 is 2.22 bits per heavy atom. The average molecular weight is 257 g/mol. The highest BCUT2D eigenvalue weighted by atomic mass is 19.1. The van der Waals surface area contributed by atoms with Gasteiger partial charge in [0.2, 0.25) is 0 Å². The summed E-state index contributed by atoms with van der Waals surface area (Å²) in [6, 6.07) is 5.77. The number of nitrogens with zero attached hydrogens (tertiary/aromatic N) is 1. The van der Waals surface area contributed by atoms with Crippen molar-refractivity contribution in [3.63, 3.8) is 0 Å². The lowest BCUT2D eigenvalue weighted by Crippen LogP contribution is -2.32. The molecule has 0 heterocycles. The van der Waals surface area contributed by atoms with Gasteiger partial charge in [0.25, 0.3) is 0 Å². The number of carbonyl (C=O) groups is 1. The normalized spacial score (nSPS) is 9.94. The van der Waals surface area contributed by atoms with Gasteiger partial charge in [-0.25, -0.2) is 9.18 Å². The van der Waals surface area contributed by atoms with Crippen LogP contribution in [0.25, 0.3) is 0 Å². The van der Waals surface area contributed by atoms with Gasteiger partial charge in [-0.1, -0.05) is 6.07 Å². The third-order valence-corrected chi connectivity index (χ3v) is 2.12. The Morgan fingerprint density at radius 1 is 1.44 bits per heavy atom. The third kappa shape index (κ3) is 5.01. The molecule has 0 aliphatic carbocycles. The summed E-state index contributed by atoms with van der Waals surface area (Å²) in [4.78, 5) is 12.6. The van der Waals surface area contributed by atoms with Crippen LogP contribution in [0.2, 0.25) is 0 Å². The van der Waals surface area contributed by atoms with Crippen molar-refractivity contribution in [1.82, 2.24) is 4.90 Å². The number of rotatable bonds is 6. The van der Waals surface area contributed by atoms with E-state index in [1.165, 1.54) is 17.0 Å². The molecule has 100 valence electrons. The van der Waals surface area contributed by atoms with E-state index >= 15 is 0 Å². The minimum absolute atomic E-state index is 0.0338. The summed E-state index contributed by atoms with van der Waals surface area (Å²) in [6.07, 6.45) is -0.535.